The molecule has 6 nitrogen and oxygen atoms in total. The predicted molar refractivity (Wildman–Crippen MR) is 165 cm³/mol. The molecule has 218 valence electrons. The summed E-state index contributed by atoms with van der Waals surface area (Å²) in [6, 6.07) is 18.7. The van der Waals surface area contributed by atoms with E-state index in [9.17, 15) is 9.90 Å². The summed E-state index contributed by atoms with van der Waals surface area (Å²) in [6.07, 6.45) is 9.31. The van der Waals surface area contributed by atoms with Crippen LogP contribution < -0.4 is 15.0 Å². The van der Waals surface area contributed by atoms with Crippen LogP contribution >= 0.6 is 0 Å². The monoisotopic (exact) mass is 555 g/mol. The first-order valence-corrected chi connectivity index (χ1v) is 15.2. The molecule has 1 aromatic heterocycles. The molecule has 0 spiro atoms. The van der Waals surface area contributed by atoms with Crippen LogP contribution in [0, 0.1) is 18.8 Å². The van der Waals surface area contributed by atoms with Crippen LogP contribution in [0.1, 0.15) is 80.0 Å². The number of aliphatic hydroxyl groups is 1. The first-order chi connectivity index (χ1) is 19.8. The van der Waals surface area contributed by atoms with Crippen LogP contribution in [0.4, 0.5) is 5.82 Å². The summed E-state index contributed by atoms with van der Waals surface area (Å²) >= 11 is 0. The van der Waals surface area contributed by atoms with Gasteiger partial charge in [-0.1, -0.05) is 49.6 Å². The summed E-state index contributed by atoms with van der Waals surface area (Å²) in [7, 11) is 5.66. The number of amides is 1. The van der Waals surface area contributed by atoms with Gasteiger partial charge in [-0.05, 0) is 91.5 Å². The SMILES string of the molecule is COc1ccc(C2CCC(C(NC(=O)C3CCCCC3)c3cccc(-c4ccc(N(C)C)nc4)c3)CC2O)cc1C. The van der Waals surface area contributed by atoms with E-state index in [4.69, 9.17) is 4.74 Å². The van der Waals surface area contributed by atoms with Crippen LogP contribution in [0.25, 0.3) is 11.1 Å². The fourth-order valence-corrected chi connectivity index (χ4v) is 6.84. The lowest BCUT2D eigenvalue weighted by Gasteiger charge is -2.38. The summed E-state index contributed by atoms with van der Waals surface area (Å²) in [5.41, 5.74) is 5.47. The maximum absolute atomic E-state index is 13.5. The third-order valence-corrected chi connectivity index (χ3v) is 9.23. The molecule has 1 heterocycles. The topological polar surface area (TPSA) is 74.7 Å². The van der Waals surface area contributed by atoms with E-state index in [0.29, 0.717) is 6.42 Å². The van der Waals surface area contributed by atoms with Crippen LogP contribution in [0.15, 0.2) is 60.8 Å². The van der Waals surface area contributed by atoms with Crippen molar-refractivity contribution in [2.24, 2.45) is 11.8 Å². The van der Waals surface area contributed by atoms with Gasteiger partial charge >= 0.3 is 0 Å². The third-order valence-electron chi connectivity index (χ3n) is 9.23. The van der Waals surface area contributed by atoms with Gasteiger partial charge in [-0.2, -0.15) is 0 Å². The van der Waals surface area contributed by atoms with E-state index >= 15 is 0 Å². The molecule has 2 aromatic carbocycles. The quantitative estimate of drug-likeness (QED) is 0.319. The second kappa shape index (κ2) is 13.1. The van der Waals surface area contributed by atoms with E-state index in [1.807, 2.05) is 44.2 Å². The summed E-state index contributed by atoms with van der Waals surface area (Å²) in [5, 5.41) is 14.9. The highest BCUT2D eigenvalue weighted by Gasteiger charge is 2.36. The van der Waals surface area contributed by atoms with Gasteiger partial charge in [0.05, 0.1) is 19.3 Å². The number of hydrogen-bond acceptors (Lipinski definition) is 5. The fourth-order valence-electron chi connectivity index (χ4n) is 6.84. The molecule has 2 N–H and O–H groups in total. The van der Waals surface area contributed by atoms with Crippen LogP contribution in [0.5, 0.6) is 5.75 Å². The number of hydrogen-bond donors (Lipinski definition) is 2. The molecule has 0 radical (unpaired) electrons. The molecule has 6 heteroatoms. The van der Waals surface area contributed by atoms with Gasteiger partial charge in [-0.25, -0.2) is 4.98 Å². The Hall–Kier alpha value is -3.38. The van der Waals surface area contributed by atoms with Crippen molar-refractivity contribution in [1.82, 2.24) is 10.3 Å². The van der Waals surface area contributed by atoms with Gasteiger partial charge in [-0.3, -0.25) is 4.79 Å². The van der Waals surface area contributed by atoms with E-state index in [2.05, 4.69) is 52.8 Å². The van der Waals surface area contributed by atoms with E-state index in [0.717, 1.165) is 77.9 Å². The molecule has 2 aliphatic rings. The lowest BCUT2D eigenvalue weighted by Crippen LogP contribution is -2.41. The van der Waals surface area contributed by atoms with Gasteiger partial charge in [0.25, 0.3) is 0 Å². The van der Waals surface area contributed by atoms with Crippen molar-refractivity contribution in [2.45, 2.75) is 76.4 Å². The normalized spacial score (nSPS) is 22.1. The van der Waals surface area contributed by atoms with Crippen LogP contribution in [-0.2, 0) is 4.79 Å². The number of aryl methyl sites for hydroxylation is 1. The smallest absolute Gasteiger partial charge is 0.223 e. The molecule has 3 aromatic rings. The maximum Gasteiger partial charge on any atom is 0.223 e. The predicted octanol–water partition coefficient (Wildman–Crippen LogP) is 6.81. The van der Waals surface area contributed by atoms with E-state index in [1.165, 1.54) is 6.42 Å². The van der Waals surface area contributed by atoms with E-state index < -0.39 is 6.10 Å². The number of pyridine rings is 1. The Morgan fingerprint density at radius 3 is 2.46 bits per heavy atom. The zero-order valence-electron chi connectivity index (χ0n) is 25.0. The van der Waals surface area contributed by atoms with Crippen molar-refractivity contribution in [3.8, 4) is 16.9 Å². The number of carbonyl (C=O) groups is 1. The number of carbonyl (C=O) groups excluding carboxylic acids is 1. The molecule has 1 amide bonds. The summed E-state index contributed by atoms with van der Waals surface area (Å²) in [6.45, 7) is 2.05. The molecule has 2 fully saturated rings. The van der Waals surface area contributed by atoms with Gasteiger partial charge in [0.1, 0.15) is 11.6 Å². The van der Waals surface area contributed by atoms with Crippen LogP contribution in [-0.4, -0.2) is 43.3 Å². The van der Waals surface area contributed by atoms with Crippen molar-refractivity contribution in [3.05, 3.63) is 77.5 Å². The number of nitrogens with one attached hydrogen (secondary N) is 1. The van der Waals surface area contributed by atoms with Gasteiger partial charge in [0.2, 0.25) is 5.91 Å². The van der Waals surface area contributed by atoms with Gasteiger partial charge in [-0.15, -0.1) is 0 Å². The van der Waals surface area contributed by atoms with Gasteiger partial charge < -0.3 is 20.1 Å². The minimum absolute atomic E-state index is 0.0816. The highest BCUT2D eigenvalue weighted by Crippen LogP contribution is 2.43. The number of nitrogens with zero attached hydrogens (tertiary/aromatic N) is 2. The highest BCUT2D eigenvalue weighted by molar-refractivity contribution is 5.79. The molecule has 2 saturated carbocycles. The standard InChI is InChI=1S/C35H45N3O3/c1-23-19-26(14-17-32(23)41-4)30-16-13-28(21-31(30)39)34(37-35(40)24-9-6-5-7-10-24)27-12-8-11-25(20-27)29-15-18-33(36-22-29)38(2)3/h8,11-12,14-15,17-20,22,24,28,30-31,34,39H,5-7,9-10,13,16,21H2,1-4H3,(H,37,40). The molecule has 4 atom stereocenters. The third kappa shape index (κ3) is 6.75. The minimum Gasteiger partial charge on any atom is -0.496 e. The van der Waals surface area contributed by atoms with Crippen molar-refractivity contribution >= 4 is 11.7 Å². The van der Waals surface area contributed by atoms with Crippen molar-refractivity contribution in [1.29, 1.82) is 0 Å². The second-order valence-corrected chi connectivity index (χ2v) is 12.2. The average Bonchev–Trinajstić information content (AvgIpc) is 3.00. The lowest BCUT2D eigenvalue weighted by molar-refractivity contribution is -0.127. The number of anilines is 1. The number of rotatable bonds is 8. The van der Waals surface area contributed by atoms with Gasteiger partial charge in [0.15, 0.2) is 0 Å². The Kier molecular flexibility index (Phi) is 9.29. The molecule has 0 bridgehead atoms. The Labute approximate surface area is 245 Å². The molecular weight excluding hydrogens is 510 g/mol. The van der Waals surface area contributed by atoms with Crippen LogP contribution in [0.2, 0.25) is 0 Å². The zero-order chi connectivity index (χ0) is 28.9. The molecular formula is C35H45N3O3. The van der Waals surface area contributed by atoms with Crippen molar-refractivity contribution < 1.29 is 14.6 Å². The highest BCUT2D eigenvalue weighted by atomic mass is 16.5. The lowest BCUT2D eigenvalue weighted by atomic mass is 9.72. The molecule has 41 heavy (non-hydrogen) atoms. The molecule has 5 rings (SSSR count). The summed E-state index contributed by atoms with van der Waals surface area (Å²) < 4.78 is 5.45. The number of aromatic nitrogens is 1. The number of ether oxygens (including phenoxy) is 1. The van der Waals surface area contributed by atoms with Crippen molar-refractivity contribution in [3.63, 3.8) is 0 Å². The largest absolute Gasteiger partial charge is 0.496 e. The Balaban J connectivity index is 1.40. The maximum atomic E-state index is 13.5. The second-order valence-electron chi connectivity index (χ2n) is 12.2. The summed E-state index contributed by atoms with van der Waals surface area (Å²) in [4.78, 5) is 20.1. The van der Waals surface area contributed by atoms with Gasteiger partial charge in [0, 0.05) is 37.7 Å². The Morgan fingerprint density at radius 2 is 1.80 bits per heavy atom. The number of aliphatic hydroxyl groups excluding tert-OH is 1. The Bertz CT molecular complexity index is 1320. The number of benzene rings is 2. The van der Waals surface area contributed by atoms with Crippen LogP contribution in [0.3, 0.4) is 0 Å². The first-order valence-electron chi connectivity index (χ1n) is 15.2. The number of methoxy groups -OCH3 is 1. The van der Waals surface area contributed by atoms with E-state index in [1.54, 1.807) is 7.11 Å². The minimum atomic E-state index is -0.471. The fraction of sp³-hybridized carbons (Fsp3) is 0.486. The molecule has 0 saturated heterocycles. The zero-order valence-corrected chi connectivity index (χ0v) is 25.0. The average molecular weight is 556 g/mol. The van der Waals surface area contributed by atoms with E-state index in [-0.39, 0.29) is 29.7 Å². The molecule has 0 aliphatic heterocycles. The molecule has 2 aliphatic carbocycles. The Morgan fingerprint density at radius 1 is 1.00 bits per heavy atom. The first kappa shape index (κ1) is 29.1. The summed E-state index contributed by atoms with van der Waals surface area (Å²) in [5.74, 6) is 2.27. The molecule has 4 unspecified atom stereocenters. The van der Waals surface area contributed by atoms with Crippen molar-refractivity contribution in [2.75, 3.05) is 26.1 Å².